The van der Waals surface area contributed by atoms with Crippen molar-refractivity contribution in [3.63, 3.8) is 0 Å². The molecule has 0 aliphatic rings. The van der Waals surface area contributed by atoms with E-state index < -0.39 is 41.5 Å². The summed E-state index contributed by atoms with van der Waals surface area (Å²) in [5.74, 6) is -11.4. The molecule has 4 N–H and O–H groups in total. The van der Waals surface area contributed by atoms with Gasteiger partial charge in [0.1, 0.15) is 0 Å². The Kier molecular flexibility index (Phi) is 4.80. The fraction of sp³-hybridized carbons (Fsp3) is 0.556. The zero-order valence-electron chi connectivity index (χ0n) is 9.48. The number of carbonyl (C=O) groups is 4. The van der Waals surface area contributed by atoms with Gasteiger partial charge in [0.2, 0.25) is 5.92 Å². The van der Waals surface area contributed by atoms with E-state index >= 15 is 0 Å². The van der Waals surface area contributed by atoms with Gasteiger partial charge >= 0.3 is 23.9 Å². The highest BCUT2D eigenvalue weighted by atomic mass is 16.6. The van der Waals surface area contributed by atoms with Crippen LogP contribution in [0.15, 0.2) is 0 Å². The van der Waals surface area contributed by atoms with E-state index in [0.29, 0.717) is 0 Å². The minimum absolute atomic E-state index is 0.855. The molecule has 0 rings (SSSR count). The van der Waals surface area contributed by atoms with Gasteiger partial charge in [-0.3, -0.25) is 9.59 Å². The van der Waals surface area contributed by atoms with Gasteiger partial charge in [-0.2, -0.15) is 0 Å². The lowest BCUT2D eigenvalue weighted by atomic mass is 9.87. The minimum atomic E-state index is -3.69. The number of ether oxygens (including phenoxy) is 1. The van der Waals surface area contributed by atoms with Crippen LogP contribution in [-0.4, -0.2) is 56.0 Å². The van der Waals surface area contributed by atoms with E-state index in [4.69, 9.17) is 15.3 Å². The summed E-state index contributed by atoms with van der Waals surface area (Å²) in [6.45, 7) is 2.63. The third-order valence-corrected chi connectivity index (χ3v) is 1.89. The molecule has 0 amide bonds. The first-order valence-corrected chi connectivity index (χ1v) is 4.67. The summed E-state index contributed by atoms with van der Waals surface area (Å²) in [5.41, 5.74) is -3.69. The Morgan fingerprint density at radius 2 is 1.39 bits per heavy atom. The summed E-state index contributed by atoms with van der Waals surface area (Å²) in [7, 11) is 0. The summed E-state index contributed by atoms with van der Waals surface area (Å²) in [6, 6.07) is 0. The molecule has 0 aliphatic heterocycles. The van der Waals surface area contributed by atoms with Crippen LogP contribution in [0.5, 0.6) is 0 Å². The summed E-state index contributed by atoms with van der Waals surface area (Å²) < 4.78 is 4.36. The van der Waals surface area contributed by atoms with Gasteiger partial charge in [0.05, 0.1) is 6.10 Å². The maximum Gasteiger partial charge on any atom is 0.351 e. The molecule has 9 nitrogen and oxygen atoms in total. The number of aliphatic hydroxyl groups is 1. The average molecular weight is 264 g/mol. The lowest BCUT2D eigenvalue weighted by Crippen LogP contribution is -2.59. The molecule has 0 aromatic heterocycles. The first kappa shape index (κ1) is 15.8. The van der Waals surface area contributed by atoms with Gasteiger partial charge in [-0.1, -0.05) is 0 Å². The Morgan fingerprint density at radius 3 is 1.61 bits per heavy atom. The molecule has 0 aromatic carbocycles. The maximum atomic E-state index is 11.4. The van der Waals surface area contributed by atoms with Crippen molar-refractivity contribution in [3.05, 3.63) is 0 Å². The van der Waals surface area contributed by atoms with Crippen molar-refractivity contribution in [3.8, 4) is 0 Å². The molecular formula is C9H12O9. The molecule has 0 fully saturated rings. The Morgan fingerprint density at radius 1 is 1.00 bits per heavy atom. The molecular weight excluding hydrogens is 252 g/mol. The van der Waals surface area contributed by atoms with Gasteiger partial charge < -0.3 is 25.2 Å². The third-order valence-electron chi connectivity index (χ3n) is 1.89. The standard InChI is InChI=1S/C9H12O9/c1-3(2)18-8(16)9(17,7(14)15)4(5(10)11)6(12)13/h3-4,17H,1-2H3,(H,10,11)(H,12,13)(H,14,15). The highest BCUT2D eigenvalue weighted by Gasteiger charge is 2.60. The summed E-state index contributed by atoms with van der Waals surface area (Å²) >= 11 is 0. The van der Waals surface area contributed by atoms with Crippen LogP contribution in [0.4, 0.5) is 0 Å². The predicted molar refractivity (Wildman–Crippen MR) is 52.6 cm³/mol. The van der Waals surface area contributed by atoms with Crippen molar-refractivity contribution in [2.45, 2.75) is 25.6 Å². The quantitative estimate of drug-likeness (QED) is 0.332. The predicted octanol–water partition coefficient (Wildman–Crippen LogP) is -1.46. The van der Waals surface area contributed by atoms with Gasteiger partial charge in [0, 0.05) is 0 Å². The van der Waals surface area contributed by atoms with Crippen LogP contribution in [-0.2, 0) is 23.9 Å². The topological polar surface area (TPSA) is 158 Å². The lowest BCUT2D eigenvalue weighted by molar-refractivity contribution is -0.198. The molecule has 0 aromatic rings. The number of carboxylic acids is 3. The monoisotopic (exact) mass is 264 g/mol. The number of hydrogen-bond acceptors (Lipinski definition) is 6. The number of rotatable bonds is 6. The Balaban J connectivity index is 5.64. The van der Waals surface area contributed by atoms with Crippen LogP contribution in [0.25, 0.3) is 0 Å². The third kappa shape index (κ3) is 2.94. The number of aliphatic carboxylic acids is 3. The maximum absolute atomic E-state index is 11.4. The molecule has 1 unspecified atom stereocenters. The smallest absolute Gasteiger partial charge is 0.351 e. The molecule has 1 atom stereocenters. The van der Waals surface area contributed by atoms with Crippen molar-refractivity contribution < 1.29 is 44.3 Å². The van der Waals surface area contributed by atoms with Crippen LogP contribution in [0, 0.1) is 5.92 Å². The minimum Gasteiger partial charge on any atom is -0.480 e. The summed E-state index contributed by atoms with van der Waals surface area (Å²) in [6.07, 6.45) is -0.855. The zero-order chi connectivity index (χ0) is 14.7. The number of carboxylic acid groups (broad SMARTS) is 3. The van der Waals surface area contributed by atoms with Gasteiger partial charge in [0.15, 0.2) is 0 Å². The molecule has 18 heavy (non-hydrogen) atoms. The highest BCUT2D eigenvalue weighted by molar-refractivity contribution is 6.12. The van der Waals surface area contributed by atoms with Gasteiger partial charge in [-0.05, 0) is 13.8 Å². The van der Waals surface area contributed by atoms with Crippen LogP contribution >= 0.6 is 0 Å². The van der Waals surface area contributed by atoms with Crippen LogP contribution in [0.1, 0.15) is 13.8 Å². The average Bonchev–Trinajstić information content (AvgIpc) is 2.14. The van der Waals surface area contributed by atoms with E-state index in [2.05, 4.69) is 4.74 Å². The molecule has 0 radical (unpaired) electrons. The summed E-state index contributed by atoms with van der Waals surface area (Å²) in [5, 5.41) is 35.5. The van der Waals surface area contributed by atoms with E-state index in [0.717, 1.165) is 0 Å². The second kappa shape index (κ2) is 5.45. The van der Waals surface area contributed by atoms with Gasteiger partial charge in [-0.15, -0.1) is 0 Å². The Hall–Kier alpha value is -2.16. The van der Waals surface area contributed by atoms with Crippen molar-refractivity contribution in [2.24, 2.45) is 5.92 Å². The van der Waals surface area contributed by atoms with E-state index in [1.54, 1.807) is 0 Å². The molecule has 102 valence electrons. The summed E-state index contributed by atoms with van der Waals surface area (Å²) in [4.78, 5) is 43.5. The van der Waals surface area contributed by atoms with E-state index in [-0.39, 0.29) is 0 Å². The van der Waals surface area contributed by atoms with Crippen molar-refractivity contribution in [1.29, 1.82) is 0 Å². The first-order valence-electron chi connectivity index (χ1n) is 4.67. The van der Waals surface area contributed by atoms with Crippen molar-refractivity contribution >= 4 is 23.9 Å². The molecule has 0 aliphatic carbocycles. The Labute approximate surface area is 101 Å². The number of esters is 1. The van der Waals surface area contributed by atoms with E-state index in [1.807, 2.05) is 0 Å². The van der Waals surface area contributed by atoms with Gasteiger partial charge in [-0.25, -0.2) is 9.59 Å². The van der Waals surface area contributed by atoms with Crippen molar-refractivity contribution in [1.82, 2.24) is 0 Å². The number of hydrogen-bond donors (Lipinski definition) is 4. The number of carbonyl (C=O) groups excluding carboxylic acids is 1. The highest BCUT2D eigenvalue weighted by Crippen LogP contribution is 2.22. The molecule has 9 heteroatoms. The first-order chi connectivity index (χ1) is 8.05. The largest absolute Gasteiger partial charge is 0.480 e. The van der Waals surface area contributed by atoms with Crippen molar-refractivity contribution in [2.75, 3.05) is 0 Å². The SMILES string of the molecule is CC(C)OC(=O)C(O)(C(=O)O)C(C(=O)O)C(=O)O. The molecule has 0 saturated carbocycles. The molecule has 0 spiro atoms. The van der Waals surface area contributed by atoms with E-state index in [9.17, 15) is 24.3 Å². The molecule has 0 bridgehead atoms. The lowest BCUT2D eigenvalue weighted by Gasteiger charge is -2.25. The van der Waals surface area contributed by atoms with Crippen LogP contribution in [0.2, 0.25) is 0 Å². The Bertz CT molecular complexity index is 371. The van der Waals surface area contributed by atoms with E-state index in [1.165, 1.54) is 13.8 Å². The molecule has 0 saturated heterocycles. The normalized spacial score (nSPS) is 14.1. The zero-order valence-corrected chi connectivity index (χ0v) is 9.48. The fourth-order valence-corrected chi connectivity index (χ4v) is 1.10. The van der Waals surface area contributed by atoms with Crippen LogP contribution < -0.4 is 0 Å². The second-order valence-electron chi connectivity index (χ2n) is 3.64. The fourth-order valence-electron chi connectivity index (χ4n) is 1.10. The van der Waals surface area contributed by atoms with Gasteiger partial charge in [0.25, 0.3) is 5.60 Å². The second-order valence-corrected chi connectivity index (χ2v) is 3.64. The van der Waals surface area contributed by atoms with Crippen LogP contribution in [0.3, 0.4) is 0 Å². The molecule has 0 heterocycles.